The highest BCUT2D eigenvalue weighted by Crippen LogP contribution is 2.18. The van der Waals surface area contributed by atoms with Crippen LogP contribution >= 0.6 is 24.8 Å². The number of anilines is 1. The van der Waals surface area contributed by atoms with Gasteiger partial charge in [0.05, 0.1) is 24.3 Å². The van der Waals surface area contributed by atoms with E-state index in [-0.39, 0.29) is 42.8 Å². The fourth-order valence-corrected chi connectivity index (χ4v) is 1.24. The Labute approximate surface area is 141 Å². The van der Waals surface area contributed by atoms with Crippen LogP contribution in [0.2, 0.25) is 0 Å². The first-order valence-corrected chi connectivity index (χ1v) is 5.68. The number of nitrogens with zero attached hydrogens (tertiary/aromatic N) is 1. The Kier molecular flexibility index (Phi) is 10.3. The van der Waals surface area contributed by atoms with Crippen LogP contribution in [0.25, 0.3) is 0 Å². The number of hydrogen-bond acceptors (Lipinski definition) is 5. The maximum atomic E-state index is 11.9. The van der Waals surface area contributed by atoms with Gasteiger partial charge in [-0.3, -0.25) is 9.59 Å². The van der Waals surface area contributed by atoms with Crippen LogP contribution < -0.4 is 21.5 Å². The summed E-state index contributed by atoms with van der Waals surface area (Å²) >= 11 is 0. The highest BCUT2D eigenvalue weighted by molar-refractivity contribution is 5.97. The molecule has 1 atom stereocenters. The fourth-order valence-electron chi connectivity index (χ4n) is 1.24. The largest absolute Gasteiger partial charge is 0.468 e. The second-order valence-electron chi connectivity index (χ2n) is 4.06. The molecule has 0 radical (unpaired) electrons. The molecular formula is C11H15Cl2F3N4O3. The molecular weight excluding hydrogens is 364 g/mol. The molecule has 2 amide bonds. The predicted molar refractivity (Wildman–Crippen MR) is 80.7 cm³/mol. The van der Waals surface area contributed by atoms with Crippen LogP contribution in [0.3, 0.4) is 0 Å². The molecule has 0 aliphatic heterocycles. The molecule has 5 N–H and O–H groups in total. The van der Waals surface area contributed by atoms with Gasteiger partial charge in [0.25, 0.3) is 0 Å². The molecule has 1 aromatic rings. The molecule has 0 aliphatic rings. The number of aromatic nitrogens is 1. The smallest absolute Gasteiger partial charge is 0.422 e. The maximum Gasteiger partial charge on any atom is 0.422 e. The van der Waals surface area contributed by atoms with Crippen LogP contribution in [-0.4, -0.2) is 35.6 Å². The van der Waals surface area contributed by atoms with Gasteiger partial charge in [0.15, 0.2) is 6.61 Å². The third-order valence-electron chi connectivity index (χ3n) is 2.15. The van der Waals surface area contributed by atoms with Gasteiger partial charge in [0, 0.05) is 6.07 Å². The number of pyridine rings is 1. The monoisotopic (exact) mass is 378 g/mol. The van der Waals surface area contributed by atoms with Crippen molar-refractivity contribution in [3.8, 4) is 5.88 Å². The lowest BCUT2D eigenvalue weighted by atomic mass is 10.2. The number of carbonyl (C=O) groups excluding carboxylic acids is 2. The average Bonchev–Trinajstić information content (AvgIpc) is 2.36. The summed E-state index contributed by atoms with van der Waals surface area (Å²) in [5.74, 6) is -1.64. The van der Waals surface area contributed by atoms with Gasteiger partial charge in [-0.2, -0.15) is 13.2 Å². The summed E-state index contributed by atoms with van der Waals surface area (Å²) in [7, 11) is 0. The van der Waals surface area contributed by atoms with Crippen molar-refractivity contribution in [1.82, 2.24) is 4.98 Å². The lowest BCUT2D eigenvalue weighted by Gasteiger charge is -2.11. The van der Waals surface area contributed by atoms with Crippen molar-refractivity contribution < 1.29 is 27.5 Å². The SMILES string of the molecule is Cl.Cl.NC(=O)CC(N)C(=O)Nc1ccc(OCC(F)(F)F)nc1. The number of nitrogens with one attached hydrogen (secondary N) is 1. The van der Waals surface area contributed by atoms with Gasteiger partial charge in [-0.1, -0.05) is 0 Å². The van der Waals surface area contributed by atoms with E-state index in [9.17, 15) is 22.8 Å². The number of ether oxygens (including phenoxy) is 1. The van der Waals surface area contributed by atoms with E-state index in [1.54, 1.807) is 0 Å². The van der Waals surface area contributed by atoms with Crippen molar-refractivity contribution in [2.75, 3.05) is 11.9 Å². The van der Waals surface area contributed by atoms with E-state index in [0.717, 1.165) is 12.3 Å². The summed E-state index contributed by atoms with van der Waals surface area (Å²) in [6.45, 7) is -1.46. The highest BCUT2D eigenvalue weighted by Gasteiger charge is 2.28. The zero-order valence-corrected chi connectivity index (χ0v) is 13.1. The van der Waals surface area contributed by atoms with Crippen LogP contribution in [0.4, 0.5) is 18.9 Å². The topological polar surface area (TPSA) is 120 Å². The molecule has 1 rings (SSSR count). The van der Waals surface area contributed by atoms with Crippen LogP contribution in [0.5, 0.6) is 5.88 Å². The van der Waals surface area contributed by atoms with Crippen molar-refractivity contribution in [3.05, 3.63) is 18.3 Å². The highest BCUT2D eigenvalue weighted by atomic mass is 35.5. The molecule has 0 aromatic carbocycles. The van der Waals surface area contributed by atoms with E-state index in [1.165, 1.54) is 6.07 Å². The zero-order valence-electron chi connectivity index (χ0n) is 11.5. The van der Waals surface area contributed by atoms with Gasteiger partial charge < -0.3 is 21.5 Å². The molecule has 1 aromatic heterocycles. The standard InChI is InChI=1S/C11H13F3N4O3.2ClH/c12-11(13,14)5-21-9-2-1-6(4-17-9)18-10(20)7(15)3-8(16)19;;/h1-2,4,7H,3,5,15H2,(H2,16,19)(H,18,20);2*1H. The summed E-state index contributed by atoms with van der Waals surface area (Å²) in [6.07, 6.45) is -3.69. The Morgan fingerprint density at radius 2 is 1.91 bits per heavy atom. The molecule has 0 saturated heterocycles. The van der Waals surface area contributed by atoms with Crippen molar-refractivity contribution >= 4 is 42.3 Å². The molecule has 0 spiro atoms. The second-order valence-corrected chi connectivity index (χ2v) is 4.06. The Hall–Kier alpha value is -1.78. The molecule has 132 valence electrons. The summed E-state index contributed by atoms with van der Waals surface area (Å²) < 4.78 is 40.2. The molecule has 1 unspecified atom stereocenters. The van der Waals surface area contributed by atoms with Crippen LogP contribution in [0, 0.1) is 0 Å². The molecule has 0 aliphatic carbocycles. The van der Waals surface area contributed by atoms with E-state index < -0.39 is 30.6 Å². The predicted octanol–water partition coefficient (Wildman–Crippen LogP) is 1.01. The van der Waals surface area contributed by atoms with Gasteiger partial charge in [-0.25, -0.2) is 4.98 Å². The lowest BCUT2D eigenvalue weighted by molar-refractivity contribution is -0.154. The van der Waals surface area contributed by atoms with E-state index in [0.29, 0.717) is 0 Å². The fraction of sp³-hybridized carbons (Fsp3) is 0.364. The van der Waals surface area contributed by atoms with Gasteiger partial charge in [0.2, 0.25) is 17.7 Å². The Bertz CT molecular complexity index is 514. The van der Waals surface area contributed by atoms with E-state index >= 15 is 0 Å². The Morgan fingerprint density at radius 1 is 1.30 bits per heavy atom. The first-order valence-electron chi connectivity index (χ1n) is 5.68. The van der Waals surface area contributed by atoms with E-state index in [4.69, 9.17) is 11.5 Å². The number of carbonyl (C=O) groups is 2. The van der Waals surface area contributed by atoms with Crippen molar-refractivity contribution in [3.63, 3.8) is 0 Å². The summed E-state index contributed by atoms with van der Waals surface area (Å²) in [5, 5.41) is 2.33. The minimum absolute atomic E-state index is 0. The van der Waals surface area contributed by atoms with E-state index in [1.807, 2.05) is 0 Å². The molecule has 7 nitrogen and oxygen atoms in total. The van der Waals surface area contributed by atoms with Crippen molar-refractivity contribution in [1.29, 1.82) is 0 Å². The van der Waals surface area contributed by atoms with Gasteiger partial charge in [-0.05, 0) is 6.07 Å². The normalized spacial score (nSPS) is 11.5. The van der Waals surface area contributed by atoms with Gasteiger partial charge in [0.1, 0.15) is 0 Å². The molecule has 0 saturated carbocycles. The van der Waals surface area contributed by atoms with Gasteiger partial charge in [-0.15, -0.1) is 24.8 Å². The number of hydrogen-bond donors (Lipinski definition) is 3. The van der Waals surface area contributed by atoms with E-state index in [2.05, 4.69) is 15.0 Å². The summed E-state index contributed by atoms with van der Waals surface area (Å²) in [6, 6.07) is 1.32. The molecule has 0 fully saturated rings. The minimum atomic E-state index is -4.46. The zero-order chi connectivity index (χ0) is 16.0. The number of halogens is 5. The maximum absolute atomic E-state index is 11.9. The molecule has 0 bridgehead atoms. The quantitative estimate of drug-likeness (QED) is 0.681. The number of amides is 2. The van der Waals surface area contributed by atoms with Gasteiger partial charge >= 0.3 is 6.18 Å². The summed E-state index contributed by atoms with van der Waals surface area (Å²) in [4.78, 5) is 25.7. The van der Waals surface area contributed by atoms with Crippen molar-refractivity contribution in [2.45, 2.75) is 18.6 Å². The molecule has 1 heterocycles. The average molecular weight is 379 g/mol. The van der Waals surface area contributed by atoms with Crippen LogP contribution in [0.1, 0.15) is 6.42 Å². The number of primary amides is 1. The lowest BCUT2D eigenvalue weighted by Crippen LogP contribution is -2.39. The third-order valence-corrected chi connectivity index (χ3v) is 2.15. The second kappa shape index (κ2) is 10.1. The van der Waals surface area contributed by atoms with Crippen LogP contribution in [-0.2, 0) is 9.59 Å². The first-order chi connectivity index (χ1) is 9.67. The third kappa shape index (κ3) is 9.76. The number of nitrogens with two attached hydrogens (primary N) is 2. The summed E-state index contributed by atoms with van der Waals surface area (Å²) in [5.41, 5.74) is 10.5. The van der Waals surface area contributed by atoms with Crippen molar-refractivity contribution in [2.24, 2.45) is 11.5 Å². The molecule has 23 heavy (non-hydrogen) atoms. The first kappa shape index (κ1) is 23.5. The molecule has 12 heteroatoms. The number of alkyl halides is 3. The minimum Gasteiger partial charge on any atom is -0.468 e. The number of rotatable bonds is 6. The van der Waals surface area contributed by atoms with Crippen LogP contribution in [0.15, 0.2) is 18.3 Å². The Morgan fingerprint density at radius 3 is 2.35 bits per heavy atom. The Balaban J connectivity index is 0.